The Bertz CT molecular complexity index is 642. The van der Waals surface area contributed by atoms with Gasteiger partial charge >= 0.3 is 12.1 Å². The maximum absolute atomic E-state index is 12.8. The van der Waals surface area contributed by atoms with Crippen LogP contribution in [0.25, 0.3) is 0 Å². The van der Waals surface area contributed by atoms with E-state index in [0.717, 1.165) is 37.7 Å². The lowest BCUT2D eigenvalue weighted by Gasteiger charge is -2.43. The van der Waals surface area contributed by atoms with E-state index >= 15 is 0 Å². The van der Waals surface area contributed by atoms with Crippen molar-refractivity contribution in [2.75, 3.05) is 0 Å². The zero-order valence-electron chi connectivity index (χ0n) is 13.7. The molecule has 1 amide bonds. The van der Waals surface area contributed by atoms with Gasteiger partial charge in [-0.25, -0.2) is 9.59 Å². The van der Waals surface area contributed by atoms with Crippen molar-refractivity contribution in [3.05, 3.63) is 35.9 Å². The average molecular weight is 329 g/mol. The molecule has 3 atom stereocenters. The number of carbonyl (C=O) groups excluding carboxylic acids is 1. The van der Waals surface area contributed by atoms with Crippen molar-refractivity contribution in [2.45, 2.75) is 56.7 Å². The average Bonchev–Trinajstić information content (AvgIpc) is 3.19. The second-order valence-electron chi connectivity index (χ2n) is 7.45. The predicted octanol–water partition coefficient (Wildman–Crippen LogP) is 3.43. The Kier molecular flexibility index (Phi) is 3.74. The minimum atomic E-state index is -1.04. The van der Waals surface area contributed by atoms with Crippen molar-refractivity contribution >= 4 is 12.1 Å². The van der Waals surface area contributed by atoms with Gasteiger partial charge in [-0.05, 0) is 55.9 Å². The number of fused-ring (bicyclic) bond motifs is 2. The first-order valence-electron chi connectivity index (χ1n) is 8.84. The molecular formula is C19H23NO4. The summed E-state index contributed by atoms with van der Waals surface area (Å²) in [5.41, 5.74) is -0.128. The Morgan fingerprint density at radius 3 is 2.46 bits per heavy atom. The molecule has 5 heteroatoms. The lowest BCUT2D eigenvalue weighted by atomic mass is 9.79. The topological polar surface area (TPSA) is 66.8 Å². The van der Waals surface area contributed by atoms with E-state index in [1.807, 2.05) is 30.3 Å². The fourth-order valence-corrected chi connectivity index (χ4v) is 4.72. The van der Waals surface area contributed by atoms with Crippen molar-refractivity contribution in [1.29, 1.82) is 0 Å². The van der Waals surface area contributed by atoms with Gasteiger partial charge in [-0.3, -0.25) is 4.90 Å². The minimum Gasteiger partial charge on any atom is -0.479 e. The van der Waals surface area contributed by atoms with Gasteiger partial charge in [-0.1, -0.05) is 30.3 Å². The molecule has 0 heterocycles. The summed E-state index contributed by atoms with van der Waals surface area (Å²) in [7, 11) is 0. The molecule has 0 saturated heterocycles. The van der Waals surface area contributed by atoms with Gasteiger partial charge < -0.3 is 9.84 Å². The zero-order chi connectivity index (χ0) is 16.7. The summed E-state index contributed by atoms with van der Waals surface area (Å²) in [6.07, 6.45) is 4.82. The van der Waals surface area contributed by atoms with Crippen LogP contribution >= 0.6 is 0 Å². The highest BCUT2D eigenvalue weighted by Crippen LogP contribution is 2.55. The van der Waals surface area contributed by atoms with Gasteiger partial charge in [0, 0.05) is 6.04 Å². The number of hydrogen-bond acceptors (Lipinski definition) is 3. The molecule has 0 aromatic heterocycles. The number of amides is 1. The quantitative estimate of drug-likeness (QED) is 0.899. The number of ether oxygens (including phenoxy) is 1. The molecular weight excluding hydrogens is 306 g/mol. The van der Waals surface area contributed by atoms with Gasteiger partial charge in [-0.15, -0.1) is 0 Å². The fraction of sp³-hybridized carbons (Fsp3) is 0.579. The molecule has 3 aliphatic rings. The third-order valence-corrected chi connectivity index (χ3v) is 5.93. The first kappa shape index (κ1) is 15.5. The number of nitrogens with zero attached hydrogens (tertiary/aromatic N) is 1. The Hall–Kier alpha value is -2.04. The molecule has 0 spiro atoms. The fourth-order valence-electron chi connectivity index (χ4n) is 4.72. The Morgan fingerprint density at radius 2 is 1.92 bits per heavy atom. The summed E-state index contributed by atoms with van der Waals surface area (Å²) in [5, 5.41) is 10.0. The maximum Gasteiger partial charge on any atom is 0.411 e. The molecule has 3 unspecified atom stereocenters. The standard InChI is InChI=1S/C19H23NO4/c21-17(22)19(11-14-6-7-15(19)10-14)20(16-8-9-16)18(23)24-12-13-4-2-1-3-5-13/h1-5,14-16H,6-12H2,(H,21,22). The van der Waals surface area contributed by atoms with Crippen LogP contribution in [0, 0.1) is 11.8 Å². The summed E-state index contributed by atoms with van der Waals surface area (Å²) < 4.78 is 5.51. The highest BCUT2D eigenvalue weighted by Gasteiger charge is 2.63. The molecule has 0 aliphatic heterocycles. The number of carboxylic acids is 1. The van der Waals surface area contributed by atoms with Gasteiger partial charge in [0.1, 0.15) is 12.1 Å². The highest BCUT2D eigenvalue weighted by molar-refractivity contribution is 5.86. The third kappa shape index (κ3) is 2.46. The van der Waals surface area contributed by atoms with Crippen LogP contribution in [-0.4, -0.2) is 33.6 Å². The molecule has 0 radical (unpaired) electrons. The summed E-state index contributed by atoms with van der Waals surface area (Å²) in [4.78, 5) is 26.6. The van der Waals surface area contributed by atoms with Crippen LogP contribution in [0.2, 0.25) is 0 Å². The second-order valence-corrected chi connectivity index (χ2v) is 7.45. The van der Waals surface area contributed by atoms with Gasteiger partial charge in [0.15, 0.2) is 0 Å². The van der Waals surface area contributed by atoms with Crippen LogP contribution < -0.4 is 0 Å². The van der Waals surface area contributed by atoms with Gasteiger partial charge in [0.25, 0.3) is 0 Å². The summed E-state index contributed by atoms with van der Waals surface area (Å²) in [6, 6.07) is 9.55. The van der Waals surface area contributed by atoms with E-state index in [0.29, 0.717) is 12.3 Å². The minimum absolute atomic E-state index is 0.0312. The largest absolute Gasteiger partial charge is 0.479 e. The van der Waals surface area contributed by atoms with Gasteiger partial charge in [0.05, 0.1) is 0 Å². The SMILES string of the molecule is O=C(OCc1ccccc1)N(C1CC1)C1(C(=O)O)CC2CCC1C2. The monoisotopic (exact) mass is 329 g/mol. The van der Waals surface area contributed by atoms with E-state index in [9.17, 15) is 14.7 Å². The summed E-state index contributed by atoms with van der Waals surface area (Å²) >= 11 is 0. The van der Waals surface area contributed by atoms with E-state index in [1.54, 1.807) is 4.90 Å². The lowest BCUT2D eigenvalue weighted by Crippen LogP contribution is -2.61. The molecule has 3 fully saturated rings. The van der Waals surface area contributed by atoms with Crippen molar-refractivity contribution in [1.82, 2.24) is 4.90 Å². The van der Waals surface area contributed by atoms with E-state index in [-0.39, 0.29) is 18.6 Å². The number of hydrogen-bond donors (Lipinski definition) is 1. The summed E-state index contributed by atoms with van der Waals surface area (Å²) in [5.74, 6) is -0.336. The van der Waals surface area contributed by atoms with Crippen LogP contribution in [-0.2, 0) is 16.1 Å². The molecule has 2 bridgehead atoms. The van der Waals surface area contributed by atoms with Crippen molar-refractivity contribution < 1.29 is 19.4 Å². The Labute approximate surface area is 141 Å². The van der Waals surface area contributed by atoms with E-state index < -0.39 is 17.6 Å². The Morgan fingerprint density at radius 1 is 1.17 bits per heavy atom. The van der Waals surface area contributed by atoms with Crippen molar-refractivity contribution in [3.63, 3.8) is 0 Å². The van der Waals surface area contributed by atoms with Crippen LogP contribution in [0.1, 0.15) is 44.1 Å². The molecule has 3 aliphatic carbocycles. The van der Waals surface area contributed by atoms with Crippen LogP contribution in [0.5, 0.6) is 0 Å². The van der Waals surface area contributed by atoms with E-state index in [2.05, 4.69) is 0 Å². The van der Waals surface area contributed by atoms with Crippen molar-refractivity contribution in [3.8, 4) is 0 Å². The number of rotatable bonds is 5. The van der Waals surface area contributed by atoms with E-state index in [4.69, 9.17) is 4.74 Å². The van der Waals surface area contributed by atoms with E-state index in [1.165, 1.54) is 0 Å². The molecule has 1 N–H and O–H groups in total. The molecule has 4 rings (SSSR count). The number of benzene rings is 1. The first-order chi connectivity index (χ1) is 11.6. The predicted molar refractivity (Wildman–Crippen MR) is 87.3 cm³/mol. The number of carbonyl (C=O) groups is 2. The lowest BCUT2D eigenvalue weighted by molar-refractivity contribution is -0.155. The first-order valence-corrected chi connectivity index (χ1v) is 8.84. The number of carboxylic acid groups (broad SMARTS) is 1. The molecule has 128 valence electrons. The van der Waals surface area contributed by atoms with Crippen LogP contribution in [0.15, 0.2) is 30.3 Å². The molecule has 1 aromatic carbocycles. The third-order valence-electron chi connectivity index (χ3n) is 5.93. The smallest absolute Gasteiger partial charge is 0.411 e. The normalized spacial score (nSPS) is 31.0. The molecule has 3 saturated carbocycles. The highest BCUT2D eigenvalue weighted by atomic mass is 16.6. The zero-order valence-corrected chi connectivity index (χ0v) is 13.7. The molecule has 5 nitrogen and oxygen atoms in total. The van der Waals surface area contributed by atoms with Gasteiger partial charge in [-0.2, -0.15) is 0 Å². The number of aliphatic carboxylic acids is 1. The van der Waals surface area contributed by atoms with Crippen LogP contribution in [0.3, 0.4) is 0 Å². The maximum atomic E-state index is 12.8. The molecule has 1 aromatic rings. The van der Waals surface area contributed by atoms with Crippen molar-refractivity contribution in [2.24, 2.45) is 11.8 Å². The molecule has 24 heavy (non-hydrogen) atoms. The van der Waals surface area contributed by atoms with Gasteiger partial charge in [0.2, 0.25) is 0 Å². The van der Waals surface area contributed by atoms with Crippen LogP contribution in [0.4, 0.5) is 4.79 Å². The Balaban J connectivity index is 1.55. The second kappa shape index (κ2) is 5.80. The summed E-state index contributed by atoms with van der Waals surface area (Å²) in [6.45, 7) is 0.187.